The number of carbonyl (C=O) groups is 2. The van der Waals surface area contributed by atoms with E-state index in [1.807, 2.05) is 18.7 Å². The van der Waals surface area contributed by atoms with Gasteiger partial charge in [0, 0.05) is 25.2 Å². The molecule has 1 saturated carbocycles. The van der Waals surface area contributed by atoms with Crippen molar-refractivity contribution >= 4 is 23.3 Å². The lowest BCUT2D eigenvalue weighted by Crippen LogP contribution is -2.51. The molecule has 2 aliphatic rings. The SMILES string of the molecule is Cc1nc(C)c(C(=O)NC2CCN(C(=O)NC3CCCCC3)CC2)s1. The summed E-state index contributed by atoms with van der Waals surface area (Å²) in [4.78, 5) is 31.7. The molecular formula is C18H28N4O2S. The fourth-order valence-electron chi connectivity index (χ4n) is 3.73. The summed E-state index contributed by atoms with van der Waals surface area (Å²) in [5.74, 6) is -0.0341. The van der Waals surface area contributed by atoms with Gasteiger partial charge in [0.25, 0.3) is 5.91 Å². The van der Waals surface area contributed by atoms with Crippen LogP contribution in [-0.2, 0) is 0 Å². The third-order valence-electron chi connectivity index (χ3n) is 5.16. The van der Waals surface area contributed by atoms with Crippen LogP contribution >= 0.6 is 11.3 Å². The van der Waals surface area contributed by atoms with Gasteiger partial charge in [-0.15, -0.1) is 11.3 Å². The summed E-state index contributed by atoms with van der Waals surface area (Å²) in [5.41, 5.74) is 0.796. The van der Waals surface area contributed by atoms with Crippen molar-refractivity contribution in [3.05, 3.63) is 15.6 Å². The molecule has 0 radical (unpaired) electrons. The van der Waals surface area contributed by atoms with Gasteiger partial charge in [-0.2, -0.15) is 0 Å². The lowest BCUT2D eigenvalue weighted by atomic mass is 9.95. The van der Waals surface area contributed by atoms with Crippen molar-refractivity contribution < 1.29 is 9.59 Å². The van der Waals surface area contributed by atoms with Crippen LogP contribution in [0.4, 0.5) is 4.79 Å². The second-order valence-corrected chi connectivity index (χ2v) is 8.37. The van der Waals surface area contributed by atoms with Gasteiger partial charge >= 0.3 is 6.03 Å². The first-order chi connectivity index (χ1) is 12.0. The third kappa shape index (κ3) is 4.71. The summed E-state index contributed by atoms with van der Waals surface area (Å²) in [6, 6.07) is 0.537. The highest BCUT2D eigenvalue weighted by Gasteiger charge is 2.26. The van der Waals surface area contributed by atoms with Gasteiger partial charge < -0.3 is 15.5 Å². The molecule has 1 aromatic heterocycles. The molecule has 0 unspecified atom stereocenters. The van der Waals surface area contributed by atoms with Crippen LogP contribution < -0.4 is 10.6 Å². The molecule has 2 N–H and O–H groups in total. The molecule has 0 aromatic carbocycles. The van der Waals surface area contributed by atoms with Crippen LogP contribution in [0.1, 0.15) is 65.3 Å². The predicted octanol–water partition coefficient (Wildman–Crippen LogP) is 3.00. The largest absolute Gasteiger partial charge is 0.348 e. The van der Waals surface area contributed by atoms with Gasteiger partial charge in [0.15, 0.2) is 0 Å². The number of hydrogen-bond donors (Lipinski definition) is 2. The summed E-state index contributed by atoms with van der Waals surface area (Å²) in [6.45, 7) is 5.18. The van der Waals surface area contributed by atoms with Crippen molar-refractivity contribution in [2.75, 3.05) is 13.1 Å². The fourth-order valence-corrected chi connectivity index (χ4v) is 4.56. The minimum atomic E-state index is -0.0341. The lowest BCUT2D eigenvalue weighted by molar-refractivity contribution is 0.0920. The maximum atomic E-state index is 12.4. The molecule has 3 amide bonds. The molecule has 1 saturated heterocycles. The molecule has 3 rings (SSSR count). The normalized spacial score (nSPS) is 19.7. The van der Waals surface area contributed by atoms with E-state index in [0.717, 1.165) is 36.4 Å². The number of likely N-dealkylation sites (tertiary alicyclic amines) is 1. The van der Waals surface area contributed by atoms with E-state index in [2.05, 4.69) is 15.6 Å². The van der Waals surface area contributed by atoms with Crippen LogP contribution in [0.3, 0.4) is 0 Å². The van der Waals surface area contributed by atoms with Crippen LogP contribution in [0.5, 0.6) is 0 Å². The van der Waals surface area contributed by atoms with Gasteiger partial charge in [0.1, 0.15) is 4.88 Å². The Hall–Kier alpha value is -1.63. The van der Waals surface area contributed by atoms with Crippen molar-refractivity contribution in [3.63, 3.8) is 0 Å². The summed E-state index contributed by atoms with van der Waals surface area (Å²) in [6.07, 6.45) is 7.54. The molecule has 7 heteroatoms. The van der Waals surface area contributed by atoms with Crippen LogP contribution in [0.2, 0.25) is 0 Å². The monoisotopic (exact) mass is 364 g/mol. The number of hydrogen-bond acceptors (Lipinski definition) is 4. The third-order valence-corrected chi connectivity index (χ3v) is 6.23. The Morgan fingerprint density at radius 2 is 1.64 bits per heavy atom. The zero-order valence-corrected chi connectivity index (χ0v) is 16.0. The minimum absolute atomic E-state index is 0.0341. The van der Waals surface area contributed by atoms with Crippen LogP contribution in [-0.4, -0.2) is 47.0 Å². The maximum absolute atomic E-state index is 12.4. The highest BCUT2D eigenvalue weighted by molar-refractivity contribution is 7.13. The van der Waals surface area contributed by atoms with Crippen molar-refractivity contribution in [2.45, 2.75) is 70.9 Å². The zero-order chi connectivity index (χ0) is 17.8. The second kappa shape index (κ2) is 8.17. The van der Waals surface area contributed by atoms with Gasteiger partial charge in [-0.25, -0.2) is 9.78 Å². The van der Waals surface area contributed by atoms with Gasteiger partial charge in [-0.05, 0) is 39.5 Å². The zero-order valence-electron chi connectivity index (χ0n) is 15.1. The van der Waals surface area contributed by atoms with E-state index >= 15 is 0 Å². The number of urea groups is 1. The van der Waals surface area contributed by atoms with E-state index in [9.17, 15) is 9.59 Å². The van der Waals surface area contributed by atoms with E-state index in [1.165, 1.54) is 30.6 Å². The summed E-state index contributed by atoms with van der Waals surface area (Å²) in [5, 5.41) is 7.19. The molecule has 1 aliphatic heterocycles. The molecule has 0 bridgehead atoms. The molecule has 0 atom stereocenters. The Labute approximate surface area is 153 Å². The Bertz CT molecular complexity index is 617. The van der Waals surface area contributed by atoms with Crippen LogP contribution in [0.25, 0.3) is 0 Å². The smallest absolute Gasteiger partial charge is 0.317 e. The number of nitrogens with zero attached hydrogens (tertiary/aromatic N) is 2. The number of amides is 3. The number of piperidine rings is 1. The first-order valence-corrected chi connectivity index (χ1v) is 10.1. The van der Waals surface area contributed by atoms with E-state index in [0.29, 0.717) is 24.0 Å². The van der Waals surface area contributed by atoms with Crippen LogP contribution in [0.15, 0.2) is 0 Å². The van der Waals surface area contributed by atoms with Crippen molar-refractivity contribution in [2.24, 2.45) is 0 Å². The number of rotatable bonds is 3. The number of aromatic nitrogens is 1. The molecule has 6 nitrogen and oxygen atoms in total. The number of carbonyl (C=O) groups excluding carboxylic acids is 2. The van der Waals surface area contributed by atoms with E-state index < -0.39 is 0 Å². The van der Waals surface area contributed by atoms with Gasteiger partial charge in [-0.1, -0.05) is 19.3 Å². The van der Waals surface area contributed by atoms with E-state index in [-0.39, 0.29) is 18.0 Å². The lowest BCUT2D eigenvalue weighted by Gasteiger charge is -2.34. The topological polar surface area (TPSA) is 74.3 Å². The standard InChI is InChI=1S/C18H28N4O2S/c1-12-16(25-13(2)19-12)17(23)20-15-8-10-22(11-9-15)18(24)21-14-6-4-3-5-7-14/h14-15H,3-11H2,1-2H3,(H,20,23)(H,21,24). The highest BCUT2D eigenvalue weighted by Crippen LogP contribution is 2.20. The van der Waals surface area contributed by atoms with Gasteiger partial charge in [0.2, 0.25) is 0 Å². The van der Waals surface area contributed by atoms with Gasteiger partial charge in [0.05, 0.1) is 10.7 Å². The molecule has 25 heavy (non-hydrogen) atoms. The average molecular weight is 365 g/mol. The molecule has 2 heterocycles. The Morgan fingerprint density at radius 1 is 1.00 bits per heavy atom. The Kier molecular flexibility index (Phi) is 5.93. The Morgan fingerprint density at radius 3 is 2.24 bits per heavy atom. The Balaban J connectivity index is 1.44. The quantitative estimate of drug-likeness (QED) is 0.866. The number of aryl methyl sites for hydroxylation is 2. The van der Waals surface area contributed by atoms with Gasteiger partial charge in [-0.3, -0.25) is 4.79 Å². The molecule has 2 fully saturated rings. The molecular weight excluding hydrogens is 336 g/mol. The first-order valence-electron chi connectivity index (χ1n) is 9.33. The number of thiazole rings is 1. The average Bonchev–Trinajstić information content (AvgIpc) is 2.95. The van der Waals surface area contributed by atoms with E-state index in [4.69, 9.17) is 0 Å². The summed E-state index contributed by atoms with van der Waals surface area (Å²) in [7, 11) is 0. The van der Waals surface area contributed by atoms with Crippen molar-refractivity contribution in [3.8, 4) is 0 Å². The highest BCUT2D eigenvalue weighted by atomic mass is 32.1. The summed E-state index contributed by atoms with van der Waals surface area (Å²) < 4.78 is 0. The summed E-state index contributed by atoms with van der Waals surface area (Å²) >= 11 is 1.44. The second-order valence-electron chi connectivity index (χ2n) is 7.17. The molecule has 1 aliphatic carbocycles. The predicted molar refractivity (Wildman–Crippen MR) is 99.1 cm³/mol. The molecule has 1 aromatic rings. The number of nitrogens with one attached hydrogen (secondary N) is 2. The molecule has 138 valence electrons. The van der Waals surface area contributed by atoms with Crippen LogP contribution in [0, 0.1) is 13.8 Å². The molecule has 0 spiro atoms. The van der Waals surface area contributed by atoms with Crippen molar-refractivity contribution in [1.82, 2.24) is 20.5 Å². The van der Waals surface area contributed by atoms with E-state index in [1.54, 1.807) is 0 Å². The maximum Gasteiger partial charge on any atom is 0.317 e. The first kappa shape index (κ1) is 18.2. The fraction of sp³-hybridized carbons (Fsp3) is 0.722. The van der Waals surface area contributed by atoms with Crippen molar-refractivity contribution in [1.29, 1.82) is 0 Å². The minimum Gasteiger partial charge on any atom is -0.348 e.